The van der Waals surface area contributed by atoms with Crippen LogP contribution >= 0.6 is 0 Å². The third-order valence-electron chi connectivity index (χ3n) is 5.50. The molecule has 2 aromatic carbocycles. The molecule has 0 unspecified atom stereocenters. The number of anilines is 1. The molecule has 0 aromatic heterocycles. The molecule has 4 rings (SSSR count). The predicted octanol–water partition coefficient (Wildman–Crippen LogP) is 3.14. The molecule has 5 heteroatoms. The number of hydrogen-bond donors (Lipinski definition) is 2. The first-order chi connectivity index (χ1) is 13.2. The van der Waals surface area contributed by atoms with Crippen LogP contribution in [0.2, 0.25) is 0 Å². The SMILES string of the molecule is O=C1NCCN(C(=O)Nc2cccc3c2CCCC3)[C@@H]1Cc1ccccc1. The van der Waals surface area contributed by atoms with E-state index in [4.69, 9.17) is 0 Å². The molecular weight excluding hydrogens is 338 g/mol. The van der Waals surface area contributed by atoms with Crippen LogP contribution in [0.5, 0.6) is 0 Å². The molecule has 0 saturated carbocycles. The molecule has 5 nitrogen and oxygen atoms in total. The average Bonchev–Trinajstić information content (AvgIpc) is 2.70. The Morgan fingerprint density at radius 1 is 1.07 bits per heavy atom. The van der Waals surface area contributed by atoms with E-state index in [-0.39, 0.29) is 11.9 Å². The third kappa shape index (κ3) is 3.82. The molecule has 140 valence electrons. The second kappa shape index (κ2) is 7.82. The Labute approximate surface area is 159 Å². The van der Waals surface area contributed by atoms with E-state index in [9.17, 15) is 9.59 Å². The van der Waals surface area contributed by atoms with Gasteiger partial charge in [0.05, 0.1) is 0 Å². The lowest BCUT2D eigenvalue weighted by Crippen LogP contribution is -2.59. The van der Waals surface area contributed by atoms with Crippen LogP contribution in [0.1, 0.15) is 29.5 Å². The predicted molar refractivity (Wildman–Crippen MR) is 106 cm³/mol. The molecule has 27 heavy (non-hydrogen) atoms. The molecule has 2 N–H and O–H groups in total. The highest BCUT2D eigenvalue weighted by atomic mass is 16.2. The molecule has 0 bridgehead atoms. The van der Waals surface area contributed by atoms with Gasteiger partial charge in [0.2, 0.25) is 5.91 Å². The van der Waals surface area contributed by atoms with Crippen LogP contribution in [-0.4, -0.2) is 36.0 Å². The number of nitrogens with zero attached hydrogens (tertiary/aromatic N) is 1. The van der Waals surface area contributed by atoms with Crippen molar-refractivity contribution in [2.24, 2.45) is 0 Å². The maximum absolute atomic E-state index is 13.0. The van der Waals surface area contributed by atoms with Crippen LogP contribution in [0, 0.1) is 0 Å². The molecule has 1 heterocycles. The summed E-state index contributed by atoms with van der Waals surface area (Å²) >= 11 is 0. The summed E-state index contributed by atoms with van der Waals surface area (Å²) in [6.07, 6.45) is 4.95. The third-order valence-corrected chi connectivity index (χ3v) is 5.50. The molecule has 1 aliphatic carbocycles. The molecule has 2 aromatic rings. The van der Waals surface area contributed by atoms with Crippen LogP contribution in [0.4, 0.5) is 10.5 Å². The highest BCUT2D eigenvalue weighted by molar-refractivity contribution is 5.95. The Hall–Kier alpha value is -2.82. The van der Waals surface area contributed by atoms with Crippen molar-refractivity contribution in [1.82, 2.24) is 10.2 Å². The molecule has 3 amide bonds. The number of amides is 3. The van der Waals surface area contributed by atoms with Crippen LogP contribution < -0.4 is 10.6 Å². The minimum absolute atomic E-state index is 0.0876. The number of fused-ring (bicyclic) bond motifs is 1. The Kier molecular flexibility index (Phi) is 5.10. The summed E-state index contributed by atoms with van der Waals surface area (Å²) in [5.41, 5.74) is 4.52. The summed E-state index contributed by atoms with van der Waals surface area (Å²) in [5.74, 6) is -0.0876. The quantitative estimate of drug-likeness (QED) is 0.880. The van der Waals surface area contributed by atoms with Crippen molar-refractivity contribution in [3.63, 3.8) is 0 Å². The fourth-order valence-corrected chi connectivity index (χ4v) is 4.08. The smallest absolute Gasteiger partial charge is 0.322 e. The van der Waals surface area contributed by atoms with Crippen molar-refractivity contribution in [1.29, 1.82) is 0 Å². The number of carbonyl (C=O) groups is 2. The first-order valence-electron chi connectivity index (χ1n) is 9.72. The Bertz CT molecular complexity index is 835. The monoisotopic (exact) mass is 363 g/mol. The number of nitrogens with one attached hydrogen (secondary N) is 2. The largest absolute Gasteiger partial charge is 0.353 e. The first kappa shape index (κ1) is 17.6. The van der Waals surface area contributed by atoms with Crippen LogP contribution in [0.15, 0.2) is 48.5 Å². The zero-order valence-corrected chi connectivity index (χ0v) is 15.4. The van der Waals surface area contributed by atoms with Gasteiger partial charge >= 0.3 is 6.03 Å². The van der Waals surface area contributed by atoms with Crippen molar-refractivity contribution in [2.75, 3.05) is 18.4 Å². The number of benzene rings is 2. The molecule has 0 radical (unpaired) electrons. The maximum Gasteiger partial charge on any atom is 0.322 e. The molecule has 0 spiro atoms. The number of piperazine rings is 1. The molecule has 2 aliphatic rings. The lowest BCUT2D eigenvalue weighted by molar-refractivity contribution is -0.127. The van der Waals surface area contributed by atoms with E-state index < -0.39 is 6.04 Å². The van der Waals surface area contributed by atoms with Crippen LogP contribution in [-0.2, 0) is 24.1 Å². The lowest BCUT2D eigenvalue weighted by Gasteiger charge is -2.35. The maximum atomic E-state index is 13.0. The number of carbonyl (C=O) groups excluding carboxylic acids is 2. The van der Waals surface area contributed by atoms with Crippen molar-refractivity contribution >= 4 is 17.6 Å². The molecular formula is C22H25N3O2. The average molecular weight is 363 g/mol. The van der Waals surface area contributed by atoms with E-state index >= 15 is 0 Å². The first-order valence-corrected chi connectivity index (χ1v) is 9.72. The second-order valence-corrected chi connectivity index (χ2v) is 7.27. The summed E-state index contributed by atoms with van der Waals surface area (Å²) in [6.45, 7) is 1.01. The number of hydrogen-bond acceptors (Lipinski definition) is 2. The standard InChI is InChI=1S/C22H25N3O2/c26-21-20(15-16-7-2-1-3-8-16)25(14-13-23-21)22(27)24-19-12-6-10-17-9-4-5-11-18(17)19/h1-3,6-8,10,12,20H,4-5,9,11,13-15H2,(H,23,26)(H,24,27)/t20-/m1/s1. The normalized spacial score (nSPS) is 19.2. The van der Waals surface area contributed by atoms with E-state index in [0.717, 1.165) is 30.5 Å². The second-order valence-electron chi connectivity index (χ2n) is 7.27. The Morgan fingerprint density at radius 3 is 2.74 bits per heavy atom. The van der Waals surface area contributed by atoms with Gasteiger partial charge < -0.3 is 15.5 Å². The van der Waals surface area contributed by atoms with E-state index in [1.54, 1.807) is 4.90 Å². The zero-order valence-electron chi connectivity index (χ0n) is 15.4. The van der Waals surface area contributed by atoms with E-state index in [1.807, 2.05) is 42.5 Å². The van der Waals surface area contributed by atoms with Gasteiger partial charge in [0, 0.05) is 25.2 Å². The van der Waals surface area contributed by atoms with Gasteiger partial charge in [-0.1, -0.05) is 42.5 Å². The minimum Gasteiger partial charge on any atom is -0.353 e. The van der Waals surface area contributed by atoms with Gasteiger partial charge in [0.1, 0.15) is 6.04 Å². The lowest BCUT2D eigenvalue weighted by atomic mass is 9.90. The van der Waals surface area contributed by atoms with Gasteiger partial charge in [0.25, 0.3) is 0 Å². The number of aryl methyl sites for hydroxylation is 1. The molecule has 1 fully saturated rings. The fourth-order valence-electron chi connectivity index (χ4n) is 4.08. The highest BCUT2D eigenvalue weighted by Crippen LogP contribution is 2.28. The van der Waals surface area contributed by atoms with Crippen LogP contribution in [0.25, 0.3) is 0 Å². The summed E-state index contributed by atoms with van der Waals surface area (Å²) in [7, 11) is 0. The van der Waals surface area contributed by atoms with Gasteiger partial charge in [-0.05, 0) is 48.4 Å². The highest BCUT2D eigenvalue weighted by Gasteiger charge is 2.33. The summed E-state index contributed by atoms with van der Waals surface area (Å²) in [6, 6.07) is 15.3. The fraction of sp³-hybridized carbons (Fsp3) is 0.364. The van der Waals surface area contributed by atoms with Crippen molar-refractivity contribution in [3.8, 4) is 0 Å². The zero-order chi connectivity index (χ0) is 18.6. The van der Waals surface area contributed by atoms with Crippen LogP contribution in [0.3, 0.4) is 0 Å². The van der Waals surface area contributed by atoms with E-state index in [0.29, 0.717) is 19.5 Å². The number of urea groups is 1. The van der Waals surface area contributed by atoms with Gasteiger partial charge in [-0.2, -0.15) is 0 Å². The van der Waals surface area contributed by atoms with Gasteiger partial charge in [-0.25, -0.2) is 4.79 Å². The Balaban J connectivity index is 1.53. The molecule has 1 aliphatic heterocycles. The summed E-state index contributed by atoms with van der Waals surface area (Å²) in [4.78, 5) is 27.2. The number of rotatable bonds is 3. The Morgan fingerprint density at radius 2 is 1.89 bits per heavy atom. The van der Waals surface area contributed by atoms with Crippen molar-refractivity contribution in [2.45, 2.75) is 38.1 Å². The molecule has 1 saturated heterocycles. The van der Waals surface area contributed by atoms with Gasteiger partial charge in [0.15, 0.2) is 0 Å². The van der Waals surface area contributed by atoms with E-state index in [1.165, 1.54) is 17.5 Å². The van der Waals surface area contributed by atoms with Gasteiger partial charge in [-0.15, -0.1) is 0 Å². The van der Waals surface area contributed by atoms with E-state index in [2.05, 4.69) is 16.7 Å². The summed E-state index contributed by atoms with van der Waals surface area (Å²) in [5, 5.41) is 5.97. The molecule has 1 atom stereocenters. The summed E-state index contributed by atoms with van der Waals surface area (Å²) < 4.78 is 0. The minimum atomic E-state index is -0.485. The van der Waals surface area contributed by atoms with Gasteiger partial charge in [-0.3, -0.25) is 4.79 Å². The van der Waals surface area contributed by atoms with Crippen molar-refractivity contribution in [3.05, 3.63) is 65.2 Å². The topological polar surface area (TPSA) is 61.4 Å². The van der Waals surface area contributed by atoms with Crippen molar-refractivity contribution < 1.29 is 9.59 Å².